The minimum Gasteiger partial charge on any atom is -0.264 e. The van der Waals surface area contributed by atoms with E-state index in [1.54, 1.807) is 24.4 Å². The maximum atomic E-state index is 13.8. The van der Waals surface area contributed by atoms with Crippen LogP contribution in [0.4, 0.5) is 13.2 Å². The smallest absolute Gasteiger partial charge is 0.136 e. The first-order valence-corrected chi connectivity index (χ1v) is 5.64. The van der Waals surface area contributed by atoms with E-state index in [9.17, 15) is 13.2 Å². The fourth-order valence-corrected chi connectivity index (χ4v) is 2.13. The zero-order valence-electron chi connectivity index (χ0n) is 9.70. The molecule has 1 heterocycles. The maximum absolute atomic E-state index is 13.8. The minimum absolute atomic E-state index is 0.236. The Labute approximate surface area is 107 Å². The van der Waals surface area contributed by atoms with Crippen LogP contribution in [0.15, 0.2) is 48.8 Å². The standard InChI is InChI=1S/C15H8F3N/c16-10-6-13(17)15(14(18)7-10)11-3-1-2-9-4-5-19-8-12(9)11/h1-8H. The summed E-state index contributed by atoms with van der Waals surface area (Å²) in [5.41, 5.74) is 0.126. The molecule has 0 aliphatic rings. The molecule has 2 aromatic carbocycles. The van der Waals surface area contributed by atoms with Crippen LogP contribution in [0.2, 0.25) is 0 Å². The van der Waals surface area contributed by atoms with Crippen LogP contribution >= 0.6 is 0 Å². The van der Waals surface area contributed by atoms with E-state index in [2.05, 4.69) is 4.98 Å². The molecule has 0 saturated carbocycles. The van der Waals surface area contributed by atoms with Gasteiger partial charge in [-0.1, -0.05) is 18.2 Å². The highest BCUT2D eigenvalue weighted by Gasteiger charge is 2.15. The molecule has 0 saturated heterocycles. The Bertz CT molecular complexity index is 740. The van der Waals surface area contributed by atoms with Crippen molar-refractivity contribution in [1.82, 2.24) is 4.98 Å². The van der Waals surface area contributed by atoms with Crippen molar-refractivity contribution in [3.05, 3.63) is 66.2 Å². The number of pyridine rings is 1. The van der Waals surface area contributed by atoms with Gasteiger partial charge in [0.1, 0.15) is 17.5 Å². The van der Waals surface area contributed by atoms with Gasteiger partial charge in [-0.15, -0.1) is 0 Å². The number of hydrogen-bond acceptors (Lipinski definition) is 1. The second kappa shape index (κ2) is 4.39. The molecule has 0 bridgehead atoms. The predicted octanol–water partition coefficient (Wildman–Crippen LogP) is 4.32. The topological polar surface area (TPSA) is 12.9 Å². The molecule has 0 spiro atoms. The second-order valence-corrected chi connectivity index (χ2v) is 4.15. The Morgan fingerprint density at radius 1 is 0.895 bits per heavy atom. The Morgan fingerprint density at radius 2 is 1.63 bits per heavy atom. The molecular formula is C15H8F3N. The summed E-state index contributed by atoms with van der Waals surface area (Å²) in [5.74, 6) is -2.78. The zero-order valence-corrected chi connectivity index (χ0v) is 9.70. The lowest BCUT2D eigenvalue weighted by Gasteiger charge is -2.08. The highest BCUT2D eigenvalue weighted by Crippen LogP contribution is 2.32. The van der Waals surface area contributed by atoms with Gasteiger partial charge < -0.3 is 0 Å². The fraction of sp³-hybridized carbons (Fsp3) is 0. The first kappa shape index (κ1) is 11.7. The van der Waals surface area contributed by atoms with Crippen LogP contribution in [-0.2, 0) is 0 Å². The average Bonchev–Trinajstić information content (AvgIpc) is 2.38. The molecular weight excluding hydrogens is 251 g/mol. The molecule has 19 heavy (non-hydrogen) atoms. The molecule has 4 heteroatoms. The van der Waals surface area contributed by atoms with Gasteiger partial charge in [0.05, 0.1) is 5.56 Å². The first-order chi connectivity index (χ1) is 9.16. The third-order valence-corrected chi connectivity index (χ3v) is 2.96. The summed E-state index contributed by atoms with van der Waals surface area (Å²) >= 11 is 0. The Balaban J connectivity index is 2.37. The normalized spacial score (nSPS) is 10.9. The number of benzene rings is 2. The van der Waals surface area contributed by atoms with Crippen LogP contribution in [0.3, 0.4) is 0 Å². The lowest BCUT2D eigenvalue weighted by atomic mass is 9.99. The molecule has 1 aromatic heterocycles. The molecule has 1 nitrogen and oxygen atoms in total. The summed E-state index contributed by atoms with van der Waals surface area (Å²) in [4.78, 5) is 3.96. The van der Waals surface area contributed by atoms with E-state index >= 15 is 0 Å². The third kappa shape index (κ3) is 1.95. The van der Waals surface area contributed by atoms with Crippen molar-refractivity contribution in [2.75, 3.05) is 0 Å². The number of rotatable bonds is 1. The van der Waals surface area contributed by atoms with Gasteiger partial charge in [-0.05, 0) is 17.0 Å². The van der Waals surface area contributed by atoms with Crippen LogP contribution in [0.5, 0.6) is 0 Å². The van der Waals surface area contributed by atoms with Crippen molar-refractivity contribution < 1.29 is 13.2 Å². The Hall–Kier alpha value is -2.36. The third-order valence-electron chi connectivity index (χ3n) is 2.96. The van der Waals surface area contributed by atoms with E-state index in [1.165, 1.54) is 6.20 Å². The Kier molecular flexibility index (Phi) is 2.71. The van der Waals surface area contributed by atoms with E-state index in [1.807, 2.05) is 6.07 Å². The van der Waals surface area contributed by atoms with Crippen LogP contribution < -0.4 is 0 Å². The van der Waals surface area contributed by atoms with Crippen molar-refractivity contribution in [2.45, 2.75) is 0 Å². The summed E-state index contributed by atoms with van der Waals surface area (Å²) < 4.78 is 40.6. The van der Waals surface area contributed by atoms with Crippen molar-refractivity contribution >= 4 is 10.8 Å². The van der Waals surface area contributed by atoms with Gasteiger partial charge in [-0.2, -0.15) is 0 Å². The van der Waals surface area contributed by atoms with E-state index in [0.717, 1.165) is 5.39 Å². The molecule has 0 radical (unpaired) electrons. The SMILES string of the molecule is Fc1cc(F)c(-c2cccc3ccncc23)c(F)c1. The molecule has 0 aliphatic heterocycles. The lowest BCUT2D eigenvalue weighted by Crippen LogP contribution is -1.93. The molecule has 0 unspecified atom stereocenters. The number of nitrogens with zero attached hydrogens (tertiary/aromatic N) is 1. The van der Waals surface area contributed by atoms with Gasteiger partial charge in [-0.25, -0.2) is 13.2 Å². The fourth-order valence-electron chi connectivity index (χ4n) is 2.13. The minimum atomic E-state index is -0.933. The van der Waals surface area contributed by atoms with Crippen LogP contribution in [-0.4, -0.2) is 4.98 Å². The molecule has 0 fully saturated rings. The summed E-state index contributed by atoms with van der Waals surface area (Å²) in [6.07, 6.45) is 3.14. The van der Waals surface area contributed by atoms with E-state index in [0.29, 0.717) is 23.1 Å². The van der Waals surface area contributed by atoms with E-state index in [-0.39, 0.29) is 5.56 Å². The predicted molar refractivity (Wildman–Crippen MR) is 67.1 cm³/mol. The molecule has 0 N–H and O–H groups in total. The largest absolute Gasteiger partial charge is 0.264 e. The summed E-state index contributed by atoms with van der Waals surface area (Å²) in [6.45, 7) is 0. The van der Waals surface area contributed by atoms with E-state index < -0.39 is 17.5 Å². The van der Waals surface area contributed by atoms with Gasteiger partial charge in [0, 0.05) is 29.9 Å². The lowest BCUT2D eigenvalue weighted by molar-refractivity contribution is 0.548. The highest BCUT2D eigenvalue weighted by molar-refractivity contribution is 5.96. The summed E-state index contributed by atoms with van der Waals surface area (Å²) in [6, 6.07) is 8.20. The van der Waals surface area contributed by atoms with Crippen LogP contribution in [0.25, 0.3) is 21.9 Å². The molecule has 0 aliphatic carbocycles. The van der Waals surface area contributed by atoms with Gasteiger partial charge >= 0.3 is 0 Å². The van der Waals surface area contributed by atoms with Crippen LogP contribution in [0.1, 0.15) is 0 Å². The summed E-state index contributed by atoms with van der Waals surface area (Å²) in [7, 11) is 0. The average molecular weight is 259 g/mol. The molecule has 3 aromatic rings. The van der Waals surface area contributed by atoms with Gasteiger partial charge in [0.15, 0.2) is 0 Å². The van der Waals surface area contributed by atoms with Crippen molar-refractivity contribution in [3.63, 3.8) is 0 Å². The first-order valence-electron chi connectivity index (χ1n) is 5.64. The van der Waals surface area contributed by atoms with Gasteiger partial charge in [0.2, 0.25) is 0 Å². The highest BCUT2D eigenvalue weighted by atomic mass is 19.1. The molecule has 0 amide bonds. The summed E-state index contributed by atoms with van der Waals surface area (Å²) in [5, 5.41) is 1.44. The monoisotopic (exact) mass is 259 g/mol. The number of hydrogen-bond donors (Lipinski definition) is 0. The number of aromatic nitrogens is 1. The van der Waals surface area contributed by atoms with Crippen LogP contribution in [0, 0.1) is 17.5 Å². The number of fused-ring (bicyclic) bond motifs is 1. The second-order valence-electron chi connectivity index (χ2n) is 4.15. The molecule has 0 atom stereocenters. The number of halogens is 3. The van der Waals surface area contributed by atoms with Gasteiger partial charge in [-0.3, -0.25) is 4.98 Å². The van der Waals surface area contributed by atoms with Gasteiger partial charge in [0.25, 0.3) is 0 Å². The van der Waals surface area contributed by atoms with Crippen molar-refractivity contribution in [1.29, 1.82) is 0 Å². The van der Waals surface area contributed by atoms with Crippen molar-refractivity contribution in [3.8, 4) is 11.1 Å². The Morgan fingerprint density at radius 3 is 2.37 bits per heavy atom. The molecule has 94 valence electrons. The zero-order chi connectivity index (χ0) is 13.4. The van der Waals surface area contributed by atoms with Crippen molar-refractivity contribution in [2.24, 2.45) is 0 Å². The maximum Gasteiger partial charge on any atom is 0.136 e. The van der Waals surface area contributed by atoms with E-state index in [4.69, 9.17) is 0 Å². The quantitative estimate of drug-likeness (QED) is 0.634. The molecule has 3 rings (SSSR count).